The molecule has 2 aromatic rings. The van der Waals surface area contributed by atoms with Crippen LogP contribution in [0.25, 0.3) is 0 Å². The molecule has 10 heteroatoms. The van der Waals surface area contributed by atoms with Crippen molar-refractivity contribution in [2.45, 2.75) is 39.8 Å². The van der Waals surface area contributed by atoms with Gasteiger partial charge in [-0.15, -0.1) is 0 Å². The predicted octanol–water partition coefficient (Wildman–Crippen LogP) is -2.03. The van der Waals surface area contributed by atoms with Gasteiger partial charge in [-0.1, -0.05) is 60.7 Å². The maximum Gasteiger partial charge on any atom is 0.320 e. The summed E-state index contributed by atoms with van der Waals surface area (Å²) >= 11 is 0. The second kappa shape index (κ2) is 6.58. The van der Waals surface area contributed by atoms with Crippen LogP contribution < -0.4 is 0 Å². The Hall–Kier alpha value is -2.86. The number of aliphatic hydroxyl groups is 6. The third kappa shape index (κ3) is 1.78. The van der Waals surface area contributed by atoms with E-state index in [4.69, 9.17) is 0 Å². The Bertz CT molecular complexity index is 1070. The summed E-state index contributed by atoms with van der Waals surface area (Å²) in [4.78, 5) is 25.2. The number of benzene rings is 2. The average Bonchev–Trinajstić information content (AvgIpc) is 2.79. The number of carboxylic acids is 2. The van der Waals surface area contributed by atoms with Gasteiger partial charge in [-0.25, -0.2) is 0 Å². The number of rotatable bonds is 6. The lowest BCUT2D eigenvalue weighted by molar-refractivity contribution is -0.497. The van der Waals surface area contributed by atoms with Gasteiger partial charge in [0, 0.05) is 0 Å². The summed E-state index contributed by atoms with van der Waals surface area (Å²) in [5, 5.41) is 86.8. The van der Waals surface area contributed by atoms with E-state index in [2.05, 4.69) is 0 Å². The summed E-state index contributed by atoms with van der Waals surface area (Å²) in [6.07, 6.45) is -4.85. The molecule has 0 amide bonds. The number of carbonyl (C=O) groups is 2. The first-order chi connectivity index (χ1) is 15.0. The molecular formula is C22H22O10. The van der Waals surface area contributed by atoms with Gasteiger partial charge < -0.3 is 40.9 Å². The van der Waals surface area contributed by atoms with Crippen LogP contribution in [0.2, 0.25) is 0 Å². The zero-order valence-corrected chi connectivity index (χ0v) is 16.5. The smallest absolute Gasteiger partial charge is 0.320 e. The summed E-state index contributed by atoms with van der Waals surface area (Å²) in [6.45, 7) is -1.28. The molecule has 0 bridgehead atoms. The van der Waals surface area contributed by atoms with E-state index >= 15 is 0 Å². The van der Waals surface area contributed by atoms with Gasteiger partial charge in [-0.05, 0) is 11.1 Å². The van der Waals surface area contributed by atoms with E-state index < -0.39 is 58.4 Å². The molecule has 2 fully saturated rings. The second-order valence-corrected chi connectivity index (χ2v) is 8.24. The number of carboxylic acid groups (broad SMARTS) is 2. The molecule has 0 spiro atoms. The fourth-order valence-electron chi connectivity index (χ4n) is 6.16. The molecule has 0 aliphatic heterocycles. The van der Waals surface area contributed by atoms with Crippen LogP contribution in [-0.2, 0) is 20.4 Å². The predicted molar refractivity (Wildman–Crippen MR) is 105 cm³/mol. The van der Waals surface area contributed by atoms with E-state index in [1.165, 1.54) is 60.7 Å². The van der Waals surface area contributed by atoms with Crippen LogP contribution in [0.4, 0.5) is 0 Å². The van der Waals surface area contributed by atoms with E-state index in [9.17, 15) is 50.4 Å². The molecule has 2 aliphatic rings. The summed E-state index contributed by atoms with van der Waals surface area (Å²) in [5.74, 6) is -3.82. The van der Waals surface area contributed by atoms with Crippen LogP contribution in [-0.4, -0.2) is 88.4 Å². The van der Waals surface area contributed by atoms with E-state index in [1.54, 1.807) is 0 Å². The molecule has 10 nitrogen and oxygen atoms in total. The van der Waals surface area contributed by atoms with Crippen molar-refractivity contribution in [3.63, 3.8) is 0 Å². The fourth-order valence-corrected chi connectivity index (χ4v) is 6.16. The van der Waals surface area contributed by atoms with Gasteiger partial charge in [0.15, 0.2) is 16.4 Å². The van der Waals surface area contributed by atoms with Crippen molar-refractivity contribution in [3.8, 4) is 0 Å². The lowest BCUT2D eigenvalue weighted by Crippen LogP contribution is -3.12. The first kappa shape index (κ1) is 22.3. The molecule has 7 atom stereocenters. The van der Waals surface area contributed by atoms with Crippen molar-refractivity contribution >= 4 is 11.9 Å². The highest BCUT2D eigenvalue weighted by molar-refractivity contribution is 5.99. The van der Waals surface area contributed by atoms with E-state index in [-0.39, 0.29) is 11.1 Å². The van der Waals surface area contributed by atoms with E-state index in [0.717, 1.165) is 0 Å². The molecule has 0 heterocycles. The van der Waals surface area contributed by atoms with Crippen LogP contribution in [0.3, 0.4) is 0 Å². The lowest BCUT2D eigenvalue weighted by atomic mass is 9.20. The third-order valence-electron chi connectivity index (χ3n) is 7.37. The van der Waals surface area contributed by atoms with Crippen molar-refractivity contribution in [2.24, 2.45) is 0 Å². The van der Waals surface area contributed by atoms with Crippen LogP contribution in [0.15, 0.2) is 60.7 Å². The highest BCUT2D eigenvalue weighted by Gasteiger charge is 3.07. The minimum Gasteiger partial charge on any atom is -0.480 e. The van der Waals surface area contributed by atoms with Crippen LogP contribution >= 0.6 is 0 Å². The summed E-state index contributed by atoms with van der Waals surface area (Å²) in [7, 11) is 0. The number of aliphatic carboxylic acids is 2. The zero-order valence-electron chi connectivity index (χ0n) is 16.5. The van der Waals surface area contributed by atoms with Gasteiger partial charge in [0.2, 0.25) is 0 Å². The number of fused-ring (bicyclic) bond motifs is 1. The van der Waals surface area contributed by atoms with Crippen molar-refractivity contribution in [1.82, 2.24) is 0 Å². The monoisotopic (exact) mass is 446 g/mol. The standard InChI is InChI=1S/C22H22O10/c23-11-14(24)20(30)19(17(28)29,13-9-5-2-6-10-13)21(31)15(25)18(16(26)27,22(20,21)32)12-7-3-1-4-8-12/h1-10,14-15,23-25,30-32H,11H2,(H,26,27)(H,28,29)/t14-,15?,18?,19?,20+,21-,22+/m1/s1. The molecule has 32 heavy (non-hydrogen) atoms. The van der Waals surface area contributed by atoms with E-state index in [1.807, 2.05) is 0 Å². The Morgan fingerprint density at radius 2 is 1.31 bits per heavy atom. The van der Waals surface area contributed by atoms with Crippen molar-refractivity contribution in [2.75, 3.05) is 6.61 Å². The van der Waals surface area contributed by atoms with Crippen LogP contribution in [0.1, 0.15) is 11.1 Å². The van der Waals surface area contributed by atoms with Gasteiger partial charge in [0.25, 0.3) is 0 Å². The lowest BCUT2D eigenvalue weighted by Gasteiger charge is -2.85. The first-order valence-electron chi connectivity index (χ1n) is 9.70. The minimum absolute atomic E-state index is 0.247. The summed E-state index contributed by atoms with van der Waals surface area (Å²) in [5.41, 5.74) is -16.2. The van der Waals surface area contributed by atoms with Crippen molar-refractivity contribution in [1.29, 1.82) is 0 Å². The fraction of sp³-hybridized carbons (Fsp3) is 0.364. The van der Waals surface area contributed by atoms with E-state index in [0.29, 0.717) is 0 Å². The molecule has 170 valence electrons. The third-order valence-corrected chi connectivity index (χ3v) is 7.37. The number of hydrogen-bond acceptors (Lipinski definition) is 8. The highest BCUT2D eigenvalue weighted by atomic mass is 16.5. The quantitative estimate of drug-likeness (QED) is 0.245. The maximum absolute atomic E-state index is 12.7. The molecule has 2 saturated carbocycles. The molecule has 0 radical (unpaired) electrons. The molecular weight excluding hydrogens is 424 g/mol. The van der Waals surface area contributed by atoms with Crippen LogP contribution in [0, 0.1) is 0 Å². The number of hydrogen-bond donors (Lipinski definition) is 8. The molecule has 0 saturated heterocycles. The number of aliphatic hydroxyl groups excluding tert-OH is 3. The minimum atomic E-state index is -3.34. The maximum atomic E-state index is 12.7. The van der Waals surface area contributed by atoms with Gasteiger partial charge in [-0.2, -0.15) is 0 Å². The molecule has 4 rings (SSSR count). The zero-order chi connectivity index (χ0) is 23.7. The van der Waals surface area contributed by atoms with Crippen molar-refractivity contribution < 1.29 is 50.4 Å². The molecule has 2 aliphatic carbocycles. The van der Waals surface area contributed by atoms with Crippen molar-refractivity contribution in [3.05, 3.63) is 71.8 Å². The van der Waals surface area contributed by atoms with Gasteiger partial charge in [0.1, 0.15) is 23.4 Å². The first-order valence-corrected chi connectivity index (χ1v) is 9.70. The van der Waals surface area contributed by atoms with Gasteiger partial charge >= 0.3 is 11.9 Å². The average molecular weight is 446 g/mol. The SMILES string of the molecule is O=C(O)C1(c2ccccc2)C(O)[C@@]2(O)C(C(=O)O)(c3ccccc3)[C@@](O)([C@H](O)CO)[C@@]12O. The Balaban J connectivity index is 2.13. The van der Waals surface area contributed by atoms with Crippen LogP contribution in [0.5, 0.6) is 0 Å². The summed E-state index contributed by atoms with van der Waals surface area (Å²) < 4.78 is 0. The van der Waals surface area contributed by atoms with Gasteiger partial charge in [-0.3, -0.25) is 9.59 Å². The largest absolute Gasteiger partial charge is 0.480 e. The Morgan fingerprint density at radius 1 is 0.844 bits per heavy atom. The molecule has 0 aromatic heterocycles. The van der Waals surface area contributed by atoms with Gasteiger partial charge in [0.05, 0.1) is 6.61 Å². The summed E-state index contributed by atoms with van der Waals surface area (Å²) in [6, 6.07) is 13.3. The normalized spacial score (nSPS) is 41.0. The Morgan fingerprint density at radius 3 is 1.72 bits per heavy atom. The Labute approximate surface area is 181 Å². The second-order valence-electron chi connectivity index (χ2n) is 8.24. The topological polar surface area (TPSA) is 196 Å². The Kier molecular flexibility index (Phi) is 4.59. The molecule has 3 unspecified atom stereocenters. The molecule has 8 N–H and O–H groups in total. The highest BCUT2D eigenvalue weighted by Crippen LogP contribution is 2.80. The molecule has 2 aromatic carbocycles.